The molecule has 150 valence electrons. The molecule has 0 saturated carbocycles. The molecule has 0 N–H and O–H groups in total. The van der Waals surface area contributed by atoms with Crippen molar-refractivity contribution in [3.63, 3.8) is 0 Å². The standard InChI is InChI=1S/C21H25N7S/c1-3-15(2)26-13-17(11-23-26)21-20-4-7-22-28(20)14-19(25-21)16-10-24-27(12-16)18-5-8-29-9-6-18/h4,7,10-15,18H,3,5-6,8-9H2,1-2H3/t15-/m1/s1. The average Bonchev–Trinajstić information content (AvgIpc) is 3.53. The molecule has 0 radical (unpaired) electrons. The van der Waals surface area contributed by atoms with Gasteiger partial charge in [0.25, 0.3) is 0 Å². The molecule has 1 saturated heterocycles. The van der Waals surface area contributed by atoms with E-state index in [0.29, 0.717) is 12.1 Å². The Hall–Kier alpha value is -2.61. The van der Waals surface area contributed by atoms with Crippen molar-refractivity contribution in [3.05, 3.63) is 43.2 Å². The Morgan fingerprint density at radius 3 is 2.72 bits per heavy atom. The van der Waals surface area contributed by atoms with Crippen molar-refractivity contribution in [2.24, 2.45) is 0 Å². The molecule has 0 aromatic carbocycles. The second kappa shape index (κ2) is 7.67. The highest BCUT2D eigenvalue weighted by Crippen LogP contribution is 2.30. The van der Waals surface area contributed by atoms with Gasteiger partial charge in [0, 0.05) is 29.6 Å². The van der Waals surface area contributed by atoms with Crippen LogP contribution in [0.15, 0.2) is 43.2 Å². The van der Waals surface area contributed by atoms with Crippen LogP contribution in [0.1, 0.15) is 45.2 Å². The number of aromatic nitrogens is 7. The average molecular weight is 408 g/mol. The summed E-state index contributed by atoms with van der Waals surface area (Å²) in [6.45, 7) is 4.34. The minimum Gasteiger partial charge on any atom is -0.269 e. The number of thioether (sulfide) groups is 1. The highest BCUT2D eigenvalue weighted by Gasteiger charge is 2.18. The molecule has 1 atom stereocenters. The van der Waals surface area contributed by atoms with Gasteiger partial charge in [-0.15, -0.1) is 0 Å². The zero-order valence-corrected chi connectivity index (χ0v) is 17.6. The molecule has 0 aliphatic carbocycles. The van der Waals surface area contributed by atoms with Crippen molar-refractivity contribution in [2.75, 3.05) is 11.5 Å². The predicted octanol–water partition coefficient (Wildman–Crippen LogP) is 4.50. The largest absolute Gasteiger partial charge is 0.269 e. The Morgan fingerprint density at radius 2 is 1.90 bits per heavy atom. The summed E-state index contributed by atoms with van der Waals surface area (Å²) in [6.07, 6.45) is 15.2. The lowest BCUT2D eigenvalue weighted by Gasteiger charge is -2.21. The summed E-state index contributed by atoms with van der Waals surface area (Å²) in [5.74, 6) is 2.42. The van der Waals surface area contributed by atoms with Crippen molar-refractivity contribution < 1.29 is 0 Å². The number of hydrogen-bond acceptors (Lipinski definition) is 5. The SMILES string of the molecule is CC[C@@H](C)n1cc(-c2nc(-c3cnn(C4CCSCC4)c3)cn3nccc23)cn1. The molecule has 5 heterocycles. The predicted molar refractivity (Wildman–Crippen MR) is 116 cm³/mol. The summed E-state index contributed by atoms with van der Waals surface area (Å²) in [7, 11) is 0. The van der Waals surface area contributed by atoms with E-state index in [1.807, 2.05) is 51.8 Å². The quantitative estimate of drug-likeness (QED) is 0.487. The molecule has 1 fully saturated rings. The van der Waals surface area contributed by atoms with Crippen LogP contribution in [0, 0.1) is 0 Å². The third kappa shape index (κ3) is 3.46. The Morgan fingerprint density at radius 1 is 1.07 bits per heavy atom. The van der Waals surface area contributed by atoms with Gasteiger partial charge in [0.05, 0.1) is 47.7 Å². The zero-order valence-electron chi connectivity index (χ0n) is 16.8. The van der Waals surface area contributed by atoms with Gasteiger partial charge in [-0.25, -0.2) is 9.50 Å². The fourth-order valence-corrected chi connectivity index (χ4v) is 4.87. The van der Waals surface area contributed by atoms with E-state index >= 15 is 0 Å². The van der Waals surface area contributed by atoms with Gasteiger partial charge in [-0.05, 0) is 43.8 Å². The fraction of sp³-hybridized carbons (Fsp3) is 0.429. The summed E-state index contributed by atoms with van der Waals surface area (Å²) < 4.78 is 6.02. The maximum Gasteiger partial charge on any atom is 0.0999 e. The van der Waals surface area contributed by atoms with Crippen molar-refractivity contribution in [2.45, 2.75) is 45.2 Å². The third-order valence-electron chi connectivity index (χ3n) is 5.77. The Kier molecular flexibility index (Phi) is 4.87. The van der Waals surface area contributed by atoms with E-state index < -0.39 is 0 Å². The van der Waals surface area contributed by atoms with Crippen LogP contribution in [0.2, 0.25) is 0 Å². The van der Waals surface area contributed by atoms with Gasteiger partial charge in [0.2, 0.25) is 0 Å². The lowest BCUT2D eigenvalue weighted by atomic mass is 10.1. The molecule has 1 aliphatic rings. The maximum absolute atomic E-state index is 5.00. The molecule has 8 heteroatoms. The van der Waals surface area contributed by atoms with Crippen molar-refractivity contribution in [1.82, 2.24) is 34.2 Å². The molecule has 1 aliphatic heterocycles. The number of fused-ring (bicyclic) bond motifs is 1. The zero-order chi connectivity index (χ0) is 19.8. The molecule has 0 unspecified atom stereocenters. The first-order chi connectivity index (χ1) is 14.2. The van der Waals surface area contributed by atoms with Gasteiger partial charge < -0.3 is 0 Å². The van der Waals surface area contributed by atoms with E-state index in [1.165, 1.54) is 24.3 Å². The molecule has 4 aromatic rings. The summed E-state index contributed by atoms with van der Waals surface area (Å²) in [5.41, 5.74) is 4.79. The summed E-state index contributed by atoms with van der Waals surface area (Å²) in [5, 5.41) is 13.7. The smallest absolute Gasteiger partial charge is 0.0999 e. The van der Waals surface area contributed by atoms with Gasteiger partial charge in [0.1, 0.15) is 0 Å². The van der Waals surface area contributed by atoms with Crippen molar-refractivity contribution >= 4 is 17.3 Å². The summed E-state index contributed by atoms with van der Waals surface area (Å²) >= 11 is 2.03. The highest BCUT2D eigenvalue weighted by atomic mass is 32.2. The van der Waals surface area contributed by atoms with Gasteiger partial charge in [0.15, 0.2) is 0 Å². The lowest BCUT2D eigenvalue weighted by Crippen LogP contribution is -2.15. The molecule has 0 spiro atoms. The monoisotopic (exact) mass is 407 g/mol. The molecular weight excluding hydrogens is 382 g/mol. The van der Waals surface area contributed by atoms with E-state index in [1.54, 1.807) is 0 Å². The Labute approximate surface area is 174 Å². The first-order valence-corrected chi connectivity index (χ1v) is 11.4. The van der Waals surface area contributed by atoms with E-state index in [-0.39, 0.29) is 0 Å². The van der Waals surface area contributed by atoms with Crippen LogP contribution in [0.5, 0.6) is 0 Å². The van der Waals surface area contributed by atoms with Crippen LogP contribution in [0.25, 0.3) is 28.0 Å². The molecule has 29 heavy (non-hydrogen) atoms. The van der Waals surface area contributed by atoms with Crippen LogP contribution < -0.4 is 0 Å². The number of hydrogen-bond donors (Lipinski definition) is 0. The fourth-order valence-electron chi connectivity index (χ4n) is 3.79. The van der Waals surface area contributed by atoms with Crippen LogP contribution >= 0.6 is 11.8 Å². The van der Waals surface area contributed by atoms with Gasteiger partial charge in [-0.1, -0.05) is 6.92 Å². The van der Waals surface area contributed by atoms with E-state index in [2.05, 4.69) is 46.2 Å². The normalized spacial score (nSPS) is 16.5. The van der Waals surface area contributed by atoms with Crippen LogP contribution in [0.4, 0.5) is 0 Å². The molecular formula is C21H25N7S. The Balaban J connectivity index is 1.54. The topological polar surface area (TPSA) is 65.8 Å². The van der Waals surface area contributed by atoms with Gasteiger partial charge in [-0.3, -0.25) is 9.36 Å². The highest BCUT2D eigenvalue weighted by molar-refractivity contribution is 7.99. The second-order valence-electron chi connectivity index (χ2n) is 7.65. The minimum absolute atomic E-state index is 0.361. The Bertz CT molecular complexity index is 1120. The molecule has 0 amide bonds. The van der Waals surface area contributed by atoms with Crippen LogP contribution in [-0.4, -0.2) is 45.7 Å². The van der Waals surface area contributed by atoms with E-state index in [4.69, 9.17) is 4.98 Å². The molecule has 0 bridgehead atoms. The van der Waals surface area contributed by atoms with Gasteiger partial charge in [-0.2, -0.15) is 27.1 Å². The molecule has 4 aromatic heterocycles. The van der Waals surface area contributed by atoms with Crippen molar-refractivity contribution in [1.29, 1.82) is 0 Å². The first-order valence-electron chi connectivity index (χ1n) is 10.2. The second-order valence-corrected chi connectivity index (χ2v) is 8.88. The third-order valence-corrected chi connectivity index (χ3v) is 6.82. The molecule has 7 nitrogen and oxygen atoms in total. The summed E-state index contributed by atoms with van der Waals surface area (Å²) in [4.78, 5) is 5.00. The first kappa shape index (κ1) is 18.4. The van der Waals surface area contributed by atoms with Crippen LogP contribution in [-0.2, 0) is 0 Å². The summed E-state index contributed by atoms with van der Waals surface area (Å²) in [6, 6.07) is 2.85. The number of rotatable bonds is 5. The lowest BCUT2D eigenvalue weighted by molar-refractivity contribution is 0.427. The minimum atomic E-state index is 0.361. The van der Waals surface area contributed by atoms with Crippen LogP contribution in [0.3, 0.4) is 0 Å². The maximum atomic E-state index is 5.00. The van der Waals surface area contributed by atoms with E-state index in [9.17, 15) is 0 Å². The van der Waals surface area contributed by atoms with Gasteiger partial charge >= 0.3 is 0 Å². The van der Waals surface area contributed by atoms with Crippen molar-refractivity contribution in [3.8, 4) is 22.5 Å². The molecule has 5 rings (SSSR count). The van der Waals surface area contributed by atoms with E-state index in [0.717, 1.165) is 34.5 Å². The number of nitrogens with zero attached hydrogens (tertiary/aromatic N) is 7.